The molecule has 0 bridgehead atoms. The fraction of sp³-hybridized carbons (Fsp3) is 0.150. The van der Waals surface area contributed by atoms with Crippen LogP contribution in [-0.4, -0.2) is 27.8 Å². The number of esters is 1. The highest BCUT2D eigenvalue weighted by Gasteiger charge is 2.23. The molecule has 7 heteroatoms. The topological polar surface area (TPSA) is 87.2 Å². The third kappa shape index (κ3) is 4.03. The fourth-order valence-corrected chi connectivity index (χ4v) is 2.46. The molecule has 0 spiro atoms. The van der Waals surface area contributed by atoms with Crippen molar-refractivity contribution in [2.75, 3.05) is 0 Å². The van der Waals surface area contributed by atoms with Crippen molar-refractivity contribution in [3.05, 3.63) is 71.7 Å². The summed E-state index contributed by atoms with van der Waals surface area (Å²) in [6, 6.07) is 13.2. The maximum absolute atomic E-state index is 13.2. The molecular weight excluding hydrogens is 349 g/mol. The van der Waals surface area contributed by atoms with E-state index in [1.807, 2.05) is 31.2 Å². The van der Waals surface area contributed by atoms with E-state index in [2.05, 4.69) is 5.10 Å². The van der Waals surface area contributed by atoms with Gasteiger partial charge < -0.3 is 10.5 Å². The van der Waals surface area contributed by atoms with E-state index < -0.39 is 18.0 Å². The van der Waals surface area contributed by atoms with Crippen LogP contribution in [0.1, 0.15) is 22.8 Å². The molecule has 1 aromatic heterocycles. The second-order valence-electron chi connectivity index (χ2n) is 6.13. The van der Waals surface area contributed by atoms with Gasteiger partial charge in [-0.05, 0) is 38.1 Å². The Morgan fingerprint density at radius 1 is 1.11 bits per heavy atom. The normalized spacial score (nSPS) is 11.8. The van der Waals surface area contributed by atoms with Crippen molar-refractivity contribution >= 4 is 11.9 Å². The van der Waals surface area contributed by atoms with E-state index in [9.17, 15) is 14.0 Å². The Bertz CT molecular complexity index is 979. The number of carbonyl (C=O) groups is 2. The molecule has 6 nitrogen and oxygen atoms in total. The number of amides is 1. The van der Waals surface area contributed by atoms with Crippen molar-refractivity contribution in [1.29, 1.82) is 0 Å². The van der Waals surface area contributed by atoms with E-state index in [4.69, 9.17) is 10.5 Å². The summed E-state index contributed by atoms with van der Waals surface area (Å²) >= 11 is 0. The van der Waals surface area contributed by atoms with Crippen LogP contribution >= 0.6 is 0 Å². The lowest BCUT2D eigenvalue weighted by Gasteiger charge is -2.09. The standard InChI is InChI=1S/C20H18FN3O3/c1-12-3-5-14(6-4-12)18-17(20(26)27-13(2)19(22)25)11-24(23-18)16-9-7-15(21)8-10-16/h3-11,13H,1-2H3,(H2,22,25)/t13-/m0/s1. The lowest BCUT2D eigenvalue weighted by atomic mass is 10.1. The van der Waals surface area contributed by atoms with Crippen LogP contribution in [0.5, 0.6) is 0 Å². The molecule has 3 aromatic rings. The van der Waals surface area contributed by atoms with Gasteiger partial charge in [0.25, 0.3) is 5.91 Å². The molecule has 1 heterocycles. The highest BCUT2D eigenvalue weighted by atomic mass is 19.1. The number of hydrogen-bond acceptors (Lipinski definition) is 4. The van der Waals surface area contributed by atoms with Crippen LogP contribution in [0, 0.1) is 12.7 Å². The number of ether oxygens (including phenoxy) is 1. The first-order valence-corrected chi connectivity index (χ1v) is 8.28. The predicted octanol–water partition coefficient (Wildman–Crippen LogP) is 3.02. The van der Waals surface area contributed by atoms with Crippen LogP contribution < -0.4 is 5.73 Å². The molecule has 1 atom stereocenters. The van der Waals surface area contributed by atoms with Crippen molar-refractivity contribution in [3.8, 4) is 16.9 Å². The van der Waals surface area contributed by atoms with Crippen LogP contribution in [-0.2, 0) is 9.53 Å². The lowest BCUT2D eigenvalue weighted by molar-refractivity contribution is -0.125. The minimum absolute atomic E-state index is 0.177. The van der Waals surface area contributed by atoms with Gasteiger partial charge in [-0.15, -0.1) is 0 Å². The fourth-order valence-electron chi connectivity index (χ4n) is 2.46. The Kier molecular flexibility index (Phi) is 5.03. The average molecular weight is 367 g/mol. The highest BCUT2D eigenvalue weighted by Crippen LogP contribution is 2.25. The highest BCUT2D eigenvalue weighted by molar-refractivity contribution is 5.97. The van der Waals surface area contributed by atoms with Gasteiger partial charge in [0.1, 0.15) is 17.1 Å². The Morgan fingerprint density at radius 3 is 2.33 bits per heavy atom. The first-order valence-electron chi connectivity index (χ1n) is 8.28. The van der Waals surface area contributed by atoms with E-state index in [1.54, 1.807) is 12.1 Å². The zero-order valence-electron chi connectivity index (χ0n) is 14.8. The summed E-state index contributed by atoms with van der Waals surface area (Å²) < 4.78 is 19.8. The van der Waals surface area contributed by atoms with Crippen molar-refractivity contribution in [1.82, 2.24) is 9.78 Å². The Hall–Kier alpha value is -3.48. The molecule has 1 amide bonds. The van der Waals surface area contributed by atoms with Gasteiger partial charge >= 0.3 is 5.97 Å². The van der Waals surface area contributed by atoms with Crippen LogP contribution in [0.3, 0.4) is 0 Å². The molecule has 138 valence electrons. The molecule has 0 aliphatic rings. The van der Waals surface area contributed by atoms with Gasteiger partial charge in [0.15, 0.2) is 6.10 Å². The Labute approximate surface area is 155 Å². The SMILES string of the molecule is Cc1ccc(-c2nn(-c3ccc(F)cc3)cc2C(=O)O[C@@H](C)C(N)=O)cc1. The third-order valence-corrected chi connectivity index (χ3v) is 4.03. The van der Waals surface area contributed by atoms with Gasteiger partial charge in [-0.2, -0.15) is 5.10 Å². The molecule has 2 N–H and O–H groups in total. The molecule has 0 fully saturated rings. The van der Waals surface area contributed by atoms with Gasteiger partial charge in [0.05, 0.1) is 5.69 Å². The number of rotatable bonds is 5. The second kappa shape index (κ2) is 7.41. The maximum atomic E-state index is 13.2. The maximum Gasteiger partial charge on any atom is 0.342 e. The quantitative estimate of drug-likeness (QED) is 0.702. The number of aryl methyl sites for hydroxylation is 1. The zero-order valence-corrected chi connectivity index (χ0v) is 14.8. The first kappa shape index (κ1) is 18.3. The third-order valence-electron chi connectivity index (χ3n) is 4.03. The van der Waals surface area contributed by atoms with Crippen molar-refractivity contribution in [2.45, 2.75) is 20.0 Å². The van der Waals surface area contributed by atoms with Crippen LogP contribution in [0.25, 0.3) is 16.9 Å². The monoisotopic (exact) mass is 367 g/mol. The number of carbonyl (C=O) groups excluding carboxylic acids is 2. The Balaban J connectivity index is 2.06. The lowest BCUT2D eigenvalue weighted by Crippen LogP contribution is -2.30. The molecule has 0 saturated heterocycles. The number of benzene rings is 2. The first-order chi connectivity index (χ1) is 12.8. The molecule has 0 saturated carbocycles. The molecule has 2 aromatic carbocycles. The molecule has 3 rings (SSSR count). The van der Waals surface area contributed by atoms with Crippen LogP contribution in [0.4, 0.5) is 4.39 Å². The molecule has 0 aliphatic heterocycles. The van der Waals surface area contributed by atoms with E-state index in [0.717, 1.165) is 5.56 Å². The minimum atomic E-state index is -1.07. The van der Waals surface area contributed by atoms with Gasteiger partial charge in [0.2, 0.25) is 0 Å². The summed E-state index contributed by atoms with van der Waals surface area (Å²) in [7, 11) is 0. The smallest absolute Gasteiger partial charge is 0.342 e. The van der Waals surface area contributed by atoms with Crippen molar-refractivity contribution in [2.24, 2.45) is 5.73 Å². The second-order valence-corrected chi connectivity index (χ2v) is 6.13. The minimum Gasteiger partial charge on any atom is -0.449 e. The van der Waals surface area contributed by atoms with Crippen molar-refractivity contribution in [3.63, 3.8) is 0 Å². The number of nitrogens with two attached hydrogens (primary N) is 1. The summed E-state index contributed by atoms with van der Waals surface area (Å²) in [6.07, 6.45) is 0.413. The van der Waals surface area contributed by atoms with Gasteiger partial charge in [0, 0.05) is 11.8 Å². The Morgan fingerprint density at radius 2 is 1.74 bits per heavy atom. The van der Waals surface area contributed by atoms with Gasteiger partial charge in [-0.3, -0.25) is 4.79 Å². The summed E-state index contributed by atoms with van der Waals surface area (Å²) in [5.41, 5.74) is 8.08. The molecule has 0 aliphatic carbocycles. The summed E-state index contributed by atoms with van der Waals surface area (Å²) in [4.78, 5) is 23.8. The number of primary amides is 1. The van der Waals surface area contributed by atoms with Crippen molar-refractivity contribution < 1.29 is 18.7 Å². The molecular formula is C20H18FN3O3. The summed E-state index contributed by atoms with van der Waals surface area (Å²) in [5, 5.41) is 4.46. The van der Waals surface area contributed by atoms with Gasteiger partial charge in [-0.25, -0.2) is 13.9 Å². The summed E-state index contributed by atoms with van der Waals surface area (Å²) in [5.74, 6) is -1.84. The van der Waals surface area contributed by atoms with Crippen LogP contribution in [0.2, 0.25) is 0 Å². The zero-order chi connectivity index (χ0) is 19.6. The van der Waals surface area contributed by atoms with E-state index in [0.29, 0.717) is 16.9 Å². The predicted molar refractivity (Wildman–Crippen MR) is 97.8 cm³/mol. The van der Waals surface area contributed by atoms with E-state index >= 15 is 0 Å². The number of halogens is 1. The van der Waals surface area contributed by atoms with Gasteiger partial charge in [-0.1, -0.05) is 29.8 Å². The molecule has 0 unspecified atom stereocenters. The molecule has 27 heavy (non-hydrogen) atoms. The van der Waals surface area contributed by atoms with E-state index in [1.165, 1.54) is 29.9 Å². The number of aromatic nitrogens is 2. The number of nitrogens with zero attached hydrogens (tertiary/aromatic N) is 2. The summed E-state index contributed by atoms with van der Waals surface area (Å²) in [6.45, 7) is 3.35. The average Bonchev–Trinajstić information content (AvgIpc) is 3.08. The molecule has 0 radical (unpaired) electrons. The largest absolute Gasteiger partial charge is 0.449 e. The number of hydrogen-bond donors (Lipinski definition) is 1. The van der Waals surface area contributed by atoms with E-state index in [-0.39, 0.29) is 11.4 Å². The van der Waals surface area contributed by atoms with Crippen LogP contribution in [0.15, 0.2) is 54.7 Å².